The molecule has 0 aliphatic carbocycles. The molecular weight excluding hydrogens is 360 g/mol. The quantitative estimate of drug-likeness (QED) is 0.548. The molecule has 0 fully saturated rings. The summed E-state index contributed by atoms with van der Waals surface area (Å²) in [5, 5.41) is 13.2. The molecule has 0 aliphatic rings. The van der Waals surface area contributed by atoms with Crippen molar-refractivity contribution >= 4 is 22.7 Å². The van der Waals surface area contributed by atoms with Gasteiger partial charge < -0.3 is 4.98 Å². The van der Waals surface area contributed by atoms with Crippen molar-refractivity contribution in [3.05, 3.63) is 69.8 Å². The lowest BCUT2D eigenvalue weighted by molar-refractivity contribution is 0.753. The fourth-order valence-corrected chi connectivity index (χ4v) is 3.65. The summed E-state index contributed by atoms with van der Waals surface area (Å²) >= 11 is 1.45. The molecule has 136 valence electrons. The first-order chi connectivity index (χ1) is 13.0. The van der Waals surface area contributed by atoms with Crippen LogP contribution in [0.15, 0.2) is 52.4 Å². The van der Waals surface area contributed by atoms with Gasteiger partial charge in [0.1, 0.15) is 5.82 Å². The molecule has 4 aromatic rings. The number of nitrogens with one attached hydrogen (secondary N) is 1. The normalized spacial score (nSPS) is 12.4. The number of nitrogens with zero attached hydrogens (tertiary/aromatic N) is 5. The Morgan fingerprint density at radius 1 is 1.11 bits per heavy atom. The Bertz CT molecular complexity index is 1180. The summed E-state index contributed by atoms with van der Waals surface area (Å²) in [4.78, 5) is 19.8. The minimum atomic E-state index is -0.142. The van der Waals surface area contributed by atoms with Crippen LogP contribution in [-0.4, -0.2) is 30.2 Å². The number of aromatic amines is 1. The van der Waals surface area contributed by atoms with E-state index in [1.54, 1.807) is 10.7 Å². The Hall–Kier alpha value is -3.00. The summed E-state index contributed by atoms with van der Waals surface area (Å²) in [7, 11) is 0. The monoisotopic (exact) mass is 378 g/mol. The van der Waals surface area contributed by atoms with E-state index in [-0.39, 0.29) is 10.8 Å². The van der Waals surface area contributed by atoms with Crippen molar-refractivity contribution in [2.45, 2.75) is 31.2 Å². The van der Waals surface area contributed by atoms with Crippen molar-refractivity contribution in [1.82, 2.24) is 30.2 Å². The lowest BCUT2D eigenvalue weighted by Gasteiger charge is -2.11. The number of tetrazole rings is 1. The highest BCUT2D eigenvalue weighted by molar-refractivity contribution is 7.99. The van der Waals surface area contributed by atoms with Crippen LogP contribution in [0.5, 0.6) is 0 Å². The number of hydrogen-bond acceptors (Lipinski definition) is 6. The van der Waals surface area contributed by atoms with Crippen LogP contribution in [0.25, 0.3) is 16.6 Å². The Labute approximate surface area is 159 Å². The molecule has 0 aliphatic heterocycles. The number of hydrogen-bond donors (Lipinski definition) is 1. The Balaban J connectivity index is 1.66. The van der Waals surface area contributed by atoms with Crippen LogP contribution in [0.3, 0.4) is 0 Å². The van der Waals surface area contributed by atoms with Gasteiger partial charge in [-0.15, -0.1) is 5.10 Å². The number of benzene rings is 2. The van der Waals surface area contributed by atoms with Crippen LogP contribution in [0, 0.1) is 13.8 Å². The highest BCUT2D eigenvalue weighted by Crippen LogP contribution is 2.32. The highest BCUT2D eigenvalue weighted by atomic mass is 32.2. The maximum absolute atomic E-state index is 12.3. The maximum Gasteiger partial charge on any atom is 0.258 e. The number of thioether (sulfide) groups is 1. The van der Waals surface area contributed by atoms with Crippen LogP contribution in [0.2, 0.25) is 0 Å². The molecule has 1 atom stereocenters. The Morgan fingerprint density at radius 3 is 2.74 bits per heavy atom. The fraction of sp³-hybridized carbons (Fsp3) is 0.211. The van der Waals surface area contributed by atoms with E-state index >= 15 is 0 Å². The van der Waals surface area contributed by atoms with Crippen LogP contribution in [-0.2, 0) is 0 Å². The van der Waals surface area contributed by atoms with E-state index in [0.29, 0.717) is 21.9 Å². The van der Waals surface area contributed by atoms with E-state index in [1.165, 1.54) is 22.9 Å². The molecule has 1 N–H and O–H groups in total. The van der Waals surface area contributed by atoms with Gasteiger partial charge in [-0.25, -0.2) is 4.98 Å². The molecule has 0 spiro atoms. The summed E-state index contributed by atoms with van der Waals surface area (Å²) in [6, 6.07) is 13.4. The summed E-state index contributed by atoms with van der Waals surface area (Å²) in [5.41, 5.74) is 3.83. The third-order valence-corrected chi connectivity index (χ3v) is 5.52. The first-order valence-electron chi connectivity index (χ1n) is 8.54. The summed E-state index contributed by atoms with van der Waals surface area (Å²) in [5.74, 6) is 0.596. The van der Waals surface area contributed by atoms with E-state index in [0.717, 1.165) is 5.69 Å². The zero-order valence-corrected chi connectivity index (χ0v) is 16.0. The Morgan fingerprint density at radius 2 is 1.93 bits per heavy atom. The van der Waals surface area contributed by atoms with Crippen molar-refractivity contribution in [2.75, 3.05) is 0 Å². The molecule has 0 radical (unpaired) electrons. The van der Waals surface area contributed by atoms with Gasteiger partial charge >= 0.3 is 0 Å². The first-order valence-corrected chi connectivity index (χ1v) is 9.42. The van der Waals surface area contributed by atoms with Crippen molar-refractivity contribution in [2.24, 2.45) is 0 Å². The number of fused-ring (bicyclic) bond motifs is 1. The van der Waals surface area contributed by atoms with E-state index in [1.807, 2.05) is 37.3 Å². The standard InChI is InChI=1S/C19H18N6OS/c1-11-8-9-14(10-12(11)2)25-19(22-23-24-25)27-13(3)17-20-16-7-5-4-6-15(16)18(26)21-17/h4-10,13H,1-3H3,(H,20,21,26). The first kappa shape index (κ1) is 17.4. The lowest BCUT2D eigenvalue weighted by atomic mass is 10.1. The zero-order valence-electron chi connectivity index (χ0n) is 15.2. The molecule has 0 amide bonds. The number of aryl methyl sites for hydroxylation is 2. The number of para-hydroxylation sites is 1. The molecule has 2 aromatic heterocycles. The van der Waals surface area contributed by atoms with Crippen LogP contribution >= 0.6 is 11.8 Å². The summed E-state index contributed by atoms with van der Waals surface area (Å²) in [6.45, 7) is 6.09. The van der Waals surface area contributed by atoms with E-state index < -0.39 is 0 Å². The largest absolute Gasteiger partial charge is 0.309 e. The summed E-state index contributed by atoms with van der Waals surface area (Å²) < 4.78 is 1.70. The van der Waals surface area contributed by atoms with Crippen LogP contribution in [0.4, 0.5) is 0 Å². The molecular formula is C19H18N6OS. The van der Waals surface area contributed by atoms with Gasteiger partial charge in [-0.3, -0.25) is 4.79 Å². The third kappa shape index (κ3) is 3.35. The van der Waals surface area contributed by atoms with E-state index in [9.17, 15) is 4.79 Å². The molecule has 0 saturated carbocycles. The Kier molecular flexibility index (Phi) is 4.49. The molecule has 0 saturated heterocycles. The molecule has 7 nitrogen and oxygen atoms in total. The minimum Gasteiger partial charge on any atom is -0.309 e. The SMILES string of the molecule is Cc1ccc(-n2nnnc2SC(C)c2nc3ccccc3c(=O)[nH]2)cc1C. The predicted octanol–water partition coefficient (Wildman–Crippen LogP) is 3.37. The number of H-pyrrole nitrogens is 1. The maximum atomic E-state index is 12.3. The van der Waals surface area contributed by atoms with E-state index in [4.69, 9.17) is 0 Å². The van der Waals surface area contributed by atoms with Crippen LogP contribution < -0.4 is 5.56 Å². The van der Waals surface area contributed by atoms with Crippen molar-refractivity contribution in [3.63, 3.8) is 0 Å². The topological polar surface area (TPSA) is 89.3 Å². The van der Waals surface area contributed by atoms with Crippen molar-refractivity contribution in [3.8, 4) is 5.69 Å². The zero-order chi connectivity index (χ0) is 19.0. The molecule has 2 aromatic carbocycles. The van der Waals surface area contributed by atoms with Crippen LogP contribution in [0.1, 0.15) is 29.1 Å². The second-order valence-electron chi connectivity index (χ2n) is 6.37. The van der Waals surface area contributed by atoms with Gasteiger partial charge in [-0.05, 0) is 66.6 Å². The van der Waals surface area contributed by atoms with Gasteiger partial charge in [0.15, 0.2) is 0 Å². The minimum absolute atomic E-state index is 0.126. The molecule has 4 rings (SSSR count). The summed E-state index contributed by atoms with van der Waals surface area (Å²) in [6.07, 6.45) is 0. The number of aromatic nitrogens is 6. The van der Waals surface area contributed by atoms with Gasteiger partial charge in [0.25, 0.3) is 5.56 Å². The van der Waals surface area contributed by atoms with Crippen molar-refractivity contribution < 1.29 is 0 Å². The predicted molar refractivity (Wildman–Crippen MR) is 105 cm³/mol. The van der Waals surface area contributed by atoms with E-state index in [2.05, 4.69) is 45.4 Å². The second-order valence-corrected chi connectivity index (χ2v) is 7.68. The molecule has 8 heteroatoms. The average molecular weight is 378 g/mol. The molecule has 0 bridgehead atoms. The smallest absolute Gasteiger partial charge is 0.258 e. The fourth-order valence-electron chi connectivity index (χ4n) is 2.78. The number of rotatable bonds is 4. The molecule has 2 heterocycles. The lowest BCUT2D eigenvalue weighted by Crippen LogP contribution is -2.13. The van der Waals surface area contributed by atoms with Gasteiger partial charge in [0.2, 0.25) is 5.16 Å². The van der Waals surface area contributed by atoms with Gasteiger partial charge in [-0.1, -0.05) is 30.0 Å². The average Bonchev–Trinajstić information content (AvgIpc) is 3.12. The van der Waals surface area contributed by atoms with Gasteiger partial charge in [-0.2, -0.15) is 4.68 Å². The van der Waals surface area contributed by atoms with Crippen molar-refractivity contribution in [1.29, 1.82) is 0 Å². The van der Waals surface area contributed by atoms with Gasteiger partial charge in [0.05, 0.1) is 21.8 Å². The molecule has 27 heavy (non-hydrogen) atoms. The highest BCUT2D eigenvalue weighted by Gasteiger charge is 2.17. The third-order valence-electron chi connectivity index (χ3n) is 4.47. The second kappa shape index (κ2) is 6.96. The molecule has 1 unspecified atom stereocenters. The van der Waals surface area contributed by atoms with Gasteiger partial charge in [0, 0.05) is 0 Å².